The summed E-state index contributed by atoms with van der Waals surface area (Å²) in [7, 11) is 0. The number of nitrogens with zero attached hydrogens (tertiary/aromatic N) is 4. The minimum Gasteiger partial charge on any atom is -0.310 e. The summed E-state index contributed by atoms with van der Waals surface area (Å²) in [6, 6.07) is 73.9. The average Bonchev–Trinajstić information content (AvgIpc) is 3.86. The summed E-state index contributed by atoms with van der Waals surface area (Å²) in [6.45, 7) is 2.33. The molecule has 2 aromatic heterocycles. The number of para-hydroxylation sites is 1. The van der Waals surface area contributed by atoms with Gasteiger partial charge in [0.25, 0.3) is 0 Å². The highest BCUT2D eigenvalue weighted by Crippen LogP contribution is 2.56. The molecular formula is C59H42N4. The molecule has 12 rings (SSSR count). The molecule has 8 aromatic carbocycles. The molecule has 0 N–H and O–H groups in total. The van der Waals surface area contributed by atoms with Crippen LogP contribution in [-0.2, 0) is 5.41 Å². The minimum atomic E-state index is -0.526. The fourth-order valence-electron chi connectivity index (χ4n) is 10.3. The third-order valence-electron chi connectivity index (χ3n) is 13.2. The van der Waals surface area contributed by atoms with E-state index in [0.717, 1.165) is 39.9 Å². The van der Waals surface area contributed by atoms with Crippen molar-refractivity contribution in [2.45, 2.75) is 24.7 Å². The maximum absolute atomic E-state index is 5.24. The van der Waals surface area contributed by atoms with Crippen LogP contribution < -0.4 is 0 Å². The number of hydrogen-bond acceptors (Lipinski definition) is 3. The van der Waals surface area contributed by atoms with E-state index in [0.29, 0.717) is 23.4 Å². The monoisotopic (exact) mass is 806 g/mol. The zero-order chi connectivity index (χ0) is 41.9. The average molecular weight is 807 g/mol. The van der Waals surface area contributed by atoms with Crippen molar-refractivity contribution in [3.8, 4) is 62.1 Å². The lowest BCUT2D eigenvalue weighted by Crippen LogP contribution is -2.28. The van der Waals surface area contributed by atoms with E-state index >= 15 is 0 Å². The van der Waals surface area contributed by atoms with E-state index < -0.39 is 5.41 Å². The van der Waals surface area contributed by atoms with Gasteiger partial charge in [-0.1, -0.05) is 195 Å². The lowest BCUT2D eigenvalue weighted by molar-refractivity contribution is 0.768. The summed E-state index contributed by atoms with van der Waals surface area (Å²) < 4.78 is 2.41. The Hall–Kier alpha value is -7.95. The summed E-state index contributed by atoms with van der Waals surface area (Å²) in [4.78, 5) is 15.5. The molecule has 1 atom stereocenters. The Labute approximate surface area is 367 Å². The summed E-state index contributed by atoms with van der Waals surface area (Å²) in [5.74, 6) is 2.40. The first-order chi connectivity index (χ1) is 31.1. The maximum atomic E-state index is 5.24. The molecule has 0 saturated heterocycles. The van der Waals surface area contributed by atoms with Gasteiger partial charge in [-0.05, 0) is 92.8 Å². The van der Waals surface area contributed by atoms with E-state index in [9.17, 15) is 0 Å². The number of fused-ring (bicyclic) bond motifs is 6. The van der Waals surface area contributed by atoms with Crippen molar-refractivity contribution in [3.05, 3.63) is 246 Å². The van der Waals surface area contributed by atoms with Gasteiger partial charge in [-0.15, -0.1) is 0 Å². The second-order valence-electron chi connectivity index (χ2n) is 16.8. The highest BCUT2D eigenvalue weighted by Gasteiger charge is 2.46. The van der Waals surface area contributed by atoms with Crippen LogP contribution in [0.5, 0.6) is 0 Å². The molecule has 0 bridgehead atoms. The van der Waals surface area contributed by atoms with Gasteiger partial charge in [0.15, 0.2) is 17.5 Å². The molecule has 0 radical (unpaired) electrons. The SMILES string of the molecule is CC1CC=Cc2c1c1ccccc1n2-c1ccc(-c2ccc(-c3nc(-c4ccccc4)nc(-c4ccc5c(c4)C(c4ccccc4)(c4ccccc4)c4ccccc4-5)n3)cc2)cc1. The zero-order valence-corrected chi connectivity index (χ0v) is 34.9. The normalized spacial score (nSPS) is 14.6. The van der Waals surface area contributed by atoms with Gasteiger partial charge in [-0.2, -0.15) is 0 Å². The van der Waals surface area contributed by atoms with Crippen LogP contribution in [-0.4, -0.2) is 19.5 Å². The molecule has 0 aliphatic heterocycles. The van der Waals surface area contributed by atoms with Crippen LogP contribution in [0.2, 0.25) is 0 Å². The van der Waals surface area contributed by atoms with E-state index in [-0.39, 0.29) is 0 Å². The van der Waals surface area contributed by atoms with Gasteiger partial charge in [0, 0.05) is 33.5 Å². The van der Waals surface area contributed by atoms with E-state index in [1.807, 2.05) is 18.2 Å². The van der Waals surface area contributed by atoms with Crippen LogP contribution in [0.3, 0.4) is 0 Å². The van der Waals surface area contributed by atoms with Crippen LogP contribution in [0, 0.1) is 0 Å². The summed E-state index contributed by atoms with van der Waals surface area (Å²) in [5.41, 5.74) is 17.1. The molecule has 0 spiro atoms. The predicted octanol–water partition coefficient (Wildman–Crippen LogP) is 14.4. The van der Waals surface area contributed by atoms with Gasteiger partial charge in [-0.25, -0.2) is 15.0 Å². The van der Waals surface area contributed by atoms with Crippen LogP contribution in [0.15, 0.2) is 212 Å². The Morgan fingerprint density at radius 1 is 0.460 bits per heavy atom. The standard InChI is InChI=1S/C59H42N4/c1-39-16-15-27-54-55(39)50-24-12-14-26-53(50)63(54)47-35-32-41(33-36-47)40-28-30-43(31-29-40)57-60-56(42-17-5-2-6-18-42)61-58(62-57)44-34-37-49-48-23-11-13-25-51(48)59(52(49)38-44,45-19-7-3-8-20-45)46-21-9-4-10-22-46/h2-15,17-39H,16H2,1H3. The van der Waals surface area contributed by atoms with E-state index in [4.69, 9.17) is 15.0 Å². The third-order valence-corrected chi connectivity index (χ3v) is 13.2. The largest absolute Gasteiger partial charge is 0.310 e. The molecule has 1 unspecified atom stereocenters. The van der Waals surface area contributed by atoms with Crippen molar-refractivity contribution in [2.24, 2.45) is 0 Å². The summed E-state index contributed by atoms with van der Waals surface area (Å²) in [5, 5.41) is 1.34. The van der Waals surface area contributed by atoms with Gasteiger partial charge < -0.3 is 4.57 Å². The lowest BCUT2D eigenvalue weighted by Gasteiger charge is -2.34. The molecule has 0 saturated carbocycles. The smallest absolute Gasteiger partial charge is 0.164 e. The molecule has 2 aliphatic carbocycles. The maximum Gasteiger partial charge on any atom is 0.164 e. The fourth-order valence-corrected chi connectivity index (χ4v) is 10.3. The molecule has 4 heteroatoms. The minimum absolute atomic E-state index is 0.489. The molecule has 298 valence electrons. The van der Waals surface area contributed by atoms with Crippen molar-refractivity contribution in [1.82, 2.24) is 19.5 Å². The number of aromatic nitrogens is 4. The Morgan fingerprint density at radius 2 is 0.968 bits per heavy atom. The van der Waals surface area contributed by atoms with Crippen LogP contribution >= 0.6 is 0 Å². The van der Waals surface area contributed by atoms with Gasteiger partial charge >= 0.3 is 0 Å². The molecule has 2 aliphatic rings. The molecular weight excluding hydrogens is 765 g/mol. The predicted molar refractivity (Wildman–Crippen MR) is 258 cm³/mol. The second kappa shape index (κ2) is 14.9. The van der Waals surface area contributed by atoms with E-state index in [1.54, 1.807) is 0 Å². The first-order valence-electron chi connectivity index (χ1n) is 21.8. The van der Waals surface area contributed by atoms with Gasteiger partial charge in [0.2, 0.25) is 0 Å². The third kappa shape index (κ3) is 5.94. The van der Waals surface area contributed by atoms with Crippen molar-refractivity contribution in [3.63, 3.8) is 0 Å². The molecule has 0 amide bonds. The highest BCUT2D eigenvalue weighted by atomic mass is 15.0. The fraction of sp³-hybridized carbons (Fsp3) is 0.0678. The van der Waals surface area contributed by atoms with E-state index in [2.05, 4.69) is 212 Å². The van der Waals surface area contributed by atoms with Crippen molar-refractivity contribution in [1.29, 1.82) is 0 Å². The Morgan fingerprint density at radius 3 is 1.65 bits per heavy atom. The van der Waals surface area contributed by atoms with Gasteiger partial charge in [0.1, 0.15) is 0 Å². The first kappa shape index (κ1) is 36.9. The van der Waals surface area contributed by atoms with E-state index in [1.165, 1.54) is 55.5 Å². The molecule has 4 nitrogen and oxygen atoms in total. The van der Waals surface area contributed by atoms with Crippen molar-refractivity contribution < 1.29 is 0 Å². The Kier molecular flexibility index (Phi) is 8.72. The van der Waals surface area contributed by atoms with Crippen LogP contribution in [0.25, 0.3) is 79.1 Å². The van der Waals surface area contributed by atoms with Crippen molar-refractivity contribution in [2.75, 3.05) is 0 Å². The lowest BCUT2D eigenvalue weighted by atomic mass is 9.67. The Balaban J connectivity index is 0.946. The molecule has 10 aromatic rings. The highest BCUT2D eigenvalue weighted by molar-refractivity contribution is 5.92. The molecule has 2 heterocycles. The Bertz CT molecular complexity index is 3310. The van der Waals surface area contributed by atoms with Crippen molar-refractivity contribution >= 4 is 17.0 Å². The first-order valence-corrected chi connectivity index (χ1v) is 21.8. The molecule has 0 fully saturated rings. The van der Waals surface area contributed by atoms with Gasteiger partial charge in [-0.3, -0.25) is 0 Å². The number of hydrogen-bond donors (Lipinski definition) is 0. The zero-order valence-electron chi connectivity index (χ0n) is 34.9. The summed E-state index contributed by atoms with van der Waals surface area (Å²) in [6.07, 6.45) is 5.68. The number of benzene rings is 8. The van der Waals surface area contributed by atoms with Gasteiger partial charge in [0.05, 0.1) is 10.9 Å². The quantitative estimate of drug-likeness (QED) is 0.161. The summed E-state index contributed by atoms with van der Waals surface area (Å²) >= 11 is 0. The second-order valence-corrected chi connectivity index (χ2v) is 16.8. The van der Waals surface area contributed by atoms with Crippen LogP contribution in [0.4, 0.5) is 0 Å². The molecule has 63 heavy (non-hydrogen) atoms. The number of allylic oxidation sites excluding steroid dienone is 1. The number of rotatable bonds is 7. The van der Waals surface area contributed by atoms with Crippen LogP contribution in [0.1, 0.15) is 52.8 Å². The topological polar surface area (TPSA) is 43.6 Å².